The molecule has 0 saturated carbocycles. The number of nitrogens with one attached hydrogen (secondary N) is 2. The molecule has 2 aromatic rings. The van der Waals surface area contributed by atoms with Gasteiger partial charge in [-0.15, -0.1) is 0 Å². The third-order valence-electron chi connectivity index (χ3n) is 3.69. The van der Waals surface area contributed by atoms with E-state index >= 15 is 0 Å². The Bertz CT molecular complexity index is 662. The second kappa shape index (κ2) is 5.74. The van der Waals surface area contributed by atoms with Gasteiger partial charge in [0.05, 0.1) is 12.9 Å². The van der Waals surface area contributed by atoms with E-state index in [0.29, 0.717) is 17.0 Å². The minimum atomic E-state index is -1.48. The number of aromatic nitrogens is 4. The molecule has 2 aromatic heterocycles. The molecule has 10 nitrogen and oxygen atoms in total. The van der Waals surface area contributed by atoms with E-state index in [-0.39, 0.29) is 5.82 Å². The Balaban J connectivity index is 2.02. The van der Waals surface area contributed by atoms with Gasteiger partial charge in [0.1, 0.15) is 36.0 Å². The van der Waals surface area contributed by atoms with Crippen molar-refractivity contribution in [2.24, 2.45) is 0 Å². The molecule has 1 aliphatic heterocycles. The monoisotopic (exact) mass is 311 g/mol. The van der Waals surface area contributed by atoms with Crippen molar-refractivity contribution < 1.29 is 25.2 Å². The molecule has 0 radical (unpaired) electrons. The Morgan fingerprint density at radius 1 is 1.23 bits per heavy atom. The molecule has 0 aliphatic carbocycles. The van der Waals surface area contributed by atoms with E-state index in [1.807, 2.05) is 0 Å². The number of rotatable bonds is 3. The Kier molecular flexibility index (Phi) is 3.93. The van der Waals surface area contributed by atoms with Gasteiger partial charge in [-0.05, 0) is 0 Å². The molecule has 1 aliphatic rings. The van der Waals surface area contributed by atoms with Crippen molar-refractivity contribution >= 4 is 17.0 Å². The van der Waals surface area contributed by atoms with Crippen LogP contribution in [0.1, 0.15) is 11.9 Å². The lowest BCUT2D eigenvalue weighted by Crippen LogP contribution is -2.55. The van der Waals surface area contributed by atoms with Crippen LogP contribution < -0.4 is 5.32 Å². The van der Waals surface area contributed by atoms with Gasteiger partial charge in [0.15, 0.2) is 17.3 Å². The van der Waals surface area contributed by atoms with E-state index in [2.05, 4.69) is 25.3 Å². The first kappa shape index (κ1) is 15.1. The fraction of sp³-hybridized carbons (Fsp3) is 0.583. The molecule has 5 atom stereocenters. The molecule has 0 unspecified atom stereocenters. The van der Waals surface area contributed by atoms with Crippen molar-refractivity contribution in [1.29, 1.82) is 0 Å². The number of hydrogen-bond acceptors (Lipinski definition) is 9. The van der Waals surface area contributed by atoms with Gasteiger partial charge in [-0.3, -0.25) is 0 Å². The molecule has 1 fully saturated rings. The van der Waals surface area contributed by atoms with E-state index < -0.39 is 37.1 Å². The van der Waals surface area contributed by atoms with Crippen LogP contribution in [0.3, 0.4) is 0 Å². The zero-order chi connectivity index (χ0) is 15.9. The quantitative estimate of drug-likeness (QED) is 0.374. The van der Waals surface area contributed by atoms with Crippen molar-refractivity contribution in [2.75, 3.05) is 19.0 Å². The normalized spacial score (nSPS) is 32.3. The number of nitrogens with zero attached hydrogens (tertiary/aromatic N) is 3. The standard InChI is InChI=1S/C12H17N5O5/c1-13-10-5-11(15-3-14-5)17-12(16-10)9-8(21)7(20)6(19)4(2-18)22-9/h3-4,6-9,18-21H,2H2,1H3,(H2,13,14,15,16,17)/t4-,6-,7+,8-,9-/m1/s1. The molecule has 3 heterocycles. The van der Waals surface area contributed by atoms with Crippen LogP contribution in [0, 0.1) is 0 Å². The van der Waals surface area contributed by atoms with Crippen molar-refractivity contribution in [3.05, 3.63) is 12.2 Å². The first-order valence-electron chi connectivity index (χ1n) is 6.76. The largest absolute Gasteiger partial charge is 0.394 e. The summed E-state index contributed by atoms with van der Waals surface area (Å²) >= 11 is 0. The highest BCUT2D eigenvalue weighted by Gasteiger charge is 2.45. The average Bonchev–Trinajstić information content (AvgIpc) is 3.00. The van der Waals surface area contributed by atoms with Gasteiger partial charge in [-0.2, -0.15) is 0 Å². The van der Waals surface area contributed by atoms with E-state index in [9.17, 15) is 20.4 Å². The van der Waals surface area contributed by atoms with Crippen molar-refractivity contribution in [3.63, 3.8) is 0 Å². The minimum Gasteiger partial charge on any atom is -0.394 e. The third-order valence-corrected chi connectivity index (χ3v) is 3.69. The van der Waals surface area contributed by atoms with Crippen LogP contribution in [0.25, 0.3) is 11.2 Å². The van der Waals surface area contributed by atoms with Crippen LogP contribution in [0.15, 0.2) is 6.33 Å². The molecule has 22 heavy (non-hydrogen) atoms. The number of hydrogen-bond donors (Lipinski definition) is 6. The van der Waals surface area contributed by atoms with Crippen LogP contribution >= 0.6 is 0 Å². The molecule has 10 heteroatoms. The smallest absolute Gasteiger partial charge is 0.183 e. The molecule has 0 aromatic carbocycles. The molecule has 120 valence electrons. The van der Waals surface area contributed by atoms with Crippen molar-refractivity contribution in [1.82, 2.24) is 19.9 Å². The van der Waals surface area contributed by atoms with Crippen LogP contribution in [-0.2, 0) is 4.74 Å². The SMILES string of the molecule is CNc1nc([C@@H]2O[C@H](CO)[C@@H](O)[C@H](O)[C@H]2O)nc2nc[nH]c12. The van der Waals surface area contributed by atoms with Gasteiger partial charge in [-0.25, -0.2) is 15.0 Å². The van der Waals surface area contributed by atoms with Crippen LogP contribution in [-0.4, -0.2) is 78.4 Å². The summed E-state index contributed by atoms with van der Waals surface area (Å²) in [6, 6.07) is 0. The number of fused-ring (bicyclic) bond motifs is 1. The van der Waals surface area contributed by atoms with E-state index in [1.54, 1.807) is 7.05 Å². The van der Waals surface area contributed by atoms with Crippen molar-refractivity contribution in [2.45, 2.75) is 30.5 Å². The summed E-state index contributed by atoms with van der Waals surface area (Å²) in [7, 11) is 1.67. The number of anilines is 1. The van der Waals surface area contributed by atoms with Crippen LogP contribution in [0.5, 0.6) is 0 Å². The van der Waals surface area contributed by atoms with Gasteiger partial charge in [-0.1, -0.05) is 0 Å². The molecule has 0 spiro atoms. The molecule has 3 rings (SSSR count). The predicted octanol–water partition coefficient (Wildman–Crippen LogP) is -2.09. The lowest BCUT2D eigenvalue weighted by Gasteiger charge is -2.39. The van der Waals surface area contributed by atoms with Gasteiger partial charge in [0.2, 0.25) is 0 Å². The van der Waals surface area contributed by atoms with Crippen LogP contribution in [0.4, 0.5) is 5.82 Å². The number of aromatic amines is 1. The van der Waals surface area contributed by atoms with Crippen molar-refractivity contribution in [3.8, 4) is 0 Å². The lowest BCUT2D eigenvalue weighted by molar-refractivity contribution is -0.233. The Hall–Kier alpha value is -1.85. The molecule has 0 amide bonds. The molecule has 6 N–H and O–H groups in total. The topological polar surface area (TPSA) is 157 Å². The summed E-state index contributed by atoms with van der Waals surface area (Å²) in [6.07, 6.45) is -4.99. The summed E-state index contributed by atoms with van der Waals surface area (Å²) in [5.41, 5.74) is 0.960. The van der Waals surface area contributed by atoms with Gasteiger partial charge in [0.25, 0.3) is 0 Å². The van der Waals surface area contributed by atoms with E-state index in [1.165, 1.54) is 6.33 Å². The number of aliphatic hydroxyl groups is 4. The first-order valence-corrected chi connectivity index (χ1v) is 6.76. The maximum Gasteiger partial charge on any atom is 0.183 e. The van der Waals surface area contributed by atoms with E-state index in [0.717, 1.165) is 0 Å². The Morgan fingerprint density at radius 2 is 2.00 bits per heavy atom. The fourth-order valence-electron chi connectivity index (χ4n) is 2.47. The fourth-order valence-corrected chi connectivity index (χ4v) is 2.47. The number of imidazole rings is 1. The molecular weight excluding hydrogens is 294 g/mol. The summed E-state index contributed by atoms with van der Waals surface area (Å²) < 4.78 is 5.44. The average molecular weight is 311 g/mol. The maximum atomic E-state index is 10.1. The molecular formula is C12H17N5O5. The van der Waals surface area contributed by atoms with E-state index in [4.69, 9.17) is 4.74 Å². The Labute approximate surface area is 124 Å². The predicted molar refractivity (Wildman–Crippen MR) is 74.0 cm³/mol. The summed E-state index contributed by atoms with van der Waals surface area (Å²) in [4.78, 5) is 15.4. The third kappa shape index (κ3) is 2.30. The Morgan fingerprint density at radius 3 is 2.68 bits per heavy atom. The van der Waals surface area contributed by atoms with Crippen LogP contribution in [0.2, 0.25) is 0 Å². The lowest BCUT2D eigenvalue weighted by atomic mass is 9.95. The maximum absolute atomic E-state index is 10.1. The zero-order valence-electron chi connectivity index (χ0n) is 11.7. The highest BCUT2D eigenvalue weighted by atomic mass is 16.5. The molecule has 0 bridgehead atoms. The second-order valence-corrected chi connectivity index (χ2v) is 5.03. The second-order valence-electron chi connectivity index (χ2n) is 5.03. The summed E-state index contributed by atoms with van der Waals surface area (Å²) in [6.45, 7) is -0.509. The number of aliphatic hydroxyl groups excluding tert-OH is 4. The highest BCUT2D eigenvalue weighted by Crippen LogP contribution is 2.32. The summed E-state index contributed by atoms with van der Waals surface area (Å²) in [5, 5.41) is 41.9. The first-order chi connectivity index (χ1) is 10.6. The summed E-state index contributed by atoms with van der Waals surface area (Å²) in [5.74, 6) is 0.551. The van der Waals surface area contributed by atoms with Gasteiger partial charge < -0.3 is 35.5 Å². The van der Waals surface area contributed by atoms with Gasteiger partial charge in [0, 0.05) is 7.05 Å². The minimum absolute atomic E-state index is 0.0980. The number of H-pyrrole nitrogens is 1. The zero-order valence-corrected chi connectivity index (χ0v) is 11.7. The molecule has 1 saturated heterocycles. The highest BCUT2D eigenvalue weighted by molar-refractivity contribution is 5.82. The number of ether oxygens (including phenoxy) is 1. The van der Waals surface area contributed by atoms with Gasteiger partial charge >= 0.3 is 0 Å².